The standard InChI is InChI=1S/C13H17NO2S/c1-11-10-17-8-7-14(11)13(15)16-9-12-5-3-2-4-6-12/h2-6,11H,7-10H2,1H3. The molecule has 1 fully saturated rings. The molecule has 17 heavy (non-hydrogen) atoms. The van der Waals surface area contributed by atoms with Crippen LogP contribution in [0.2, 0.25) is 0 Å². The highest BCUT2D eigenvalue weighted by Gasteiger charge is 2.24. The predicted molar refractivity (Wildman–Crippen MR) is 70.1 cm³/mol. The van der Waals surface area contributed by atoms with Crippen LogP contribution in [0.25, 0.3) is 0 Å². The molecule has 1 heterocycles. The summed E-state index contributed by atoms with van der Waals surface area (Å²) in [5.74, 6) is 2.01. The third-order valence-corrected chi connectivity index (χ3v) is 4.00. The Morgan fingerprint density at radius 3 is 2.94 bits per heavy atom. The molecule has 1 amide bonds. The Bertz CT molecular complexity index is 369. The van der Waals surface area contributed by atoms with Crippen LogP contribution in [0.4, 0.5) is 4.79 Å². The summed E-state index contributed by atoms with van der Waals surface area (Å²) in [6, 6.07) is 10.0. The molecule has 0 saturated carbocycles. The van der Waals surface area contributed by atoms with Crippen LogP contribution >= 0.6 is 11.8 Å². The monoisotopic (exact) mass is 251 g/mol. The first kappa shape index (κ1) is 12.3. The predicted octanol–water partition coefficient (Wildman–Crippen LogP) is 2.76. The molecule has 0 radical (unpaired) electrons. The number of carbonyl (C=O) groups excluding carboxylic acids is 1. The highest BCUT2D eigenvalue weighted by Crippen LogP contribution is 2.17. The van der Waals surface area contributed by atoms with Gasteiger partial charge in [0, 0.05) is 24.1 Å². The highest BCUT2D eigenvalue weighted by atomic mass is 32.2. The van der Waals surface area contributed by atoms with Crippen molar-refractivity contribution < 1.29 is 9.53 Å². The Kier molecular flexibility index (Phi) is 4.31. The van der Waals surface area contributed by atoms with Crippen molar-refractivity contribution in [2.24, 2.45) is 0 Å². The van der Waals surface area contributed by atoms with Gasteiger partial charge >= 0.3 is 6.09 Å². The fraction of sp³-hybridized carbons (Fsp3) is 0.462. The van der Waals surface area contributed by atoms with Gasteiger partial charge in [-0.1, -0.05) is 30.3 Å². The van der Waals surface area contributed by atoms with Crippen molar-refractivity contribution in [2.45, 2.75) is 19.6 Å². The minimum atomic E-state index is -0.193. The first-order valence-electron chi connectivity index (χ1n) is 5.82. The molecular weight excluding hydrogens is 234 g/mol. The van der Waals surface area contributed by atoms with E-state index in [-0.39, 0.29) is 12.1 Å². The zero-order valence-corrected chi connectivity index (χ0v) is 10.8. The lowest BCUT2D eigenvalue weighted by Gasteiger charge is -2.32. The van der Waals surface area contributed by atoms with Gasteiger partial charge in [-0.2, -0.15) is 11.8 Å². The normalized spacial score (nSPS) is 20.1. The summed E-state index contributed by atoms with van der Waals surface area (Å²) in [7, 11) is 0. The van der Waals surface area contributed by atoms with Gasteiger partial charge in [-0.3, -0.25) is 0 Å². The van der Waals surface area contributed by atoms with Crippen LogP contribution in [-0.2, 0) is 11.3 Å². The van der Waals surface area contributed by atoms with E-state index >= 15 is 0 Å². The highest BCUT2D eigenvalue weighted by molar-refractivity contribution is 7.99. The van der Waals surface area contributed by atoms with E-state index in [1.807, 2.05) is 47.0 Å². The third kappa shape index (κ3) is 3.40. The summed E-state index contributed by atoms with van der Waals surface area (Å²) in [5, 5.41) is 0. The first-order valence-corrected chi connectivity index (χ1v) is 6.98. The van der Waals surface area contributed by atoms with Gasteiger partial charge in [0.2, 0.25) is 0 Å². The second kappa shape index (κ2) is 5.96. The maximum Gasteiger partial charge on any atom is 0.410 e. The van der Waals surface area contributed by atoms with Crippen molar-refractivity contribution in [1.29, 1.82) is 0 Å². The molecule has 1 unspecified atom stereocenters. The summed E-state index contributed by atoms with van der Waals surface area (Å²) in [5.41, 5.74) is 1.03. The quantitative estimate of drug-likeness (QED) is 0.809. The zero-order chi connectivity index (χ0) is 12.1. The molecule has 2 rings (SSSR count). The number of ether oxygens (including phenoxy) is 1. The van der Waals surface area contributed by atoms with Crippen LogP contribution in [0.3, 0.4) is 0 Å². The molecule has 0 N–H and O–H groups in total. The molecule has 1 aromatic carbocycles. The van der Waals surface area contributed by atoms with Crippen LogP contribution in [0.15, 0.2) is 30.3 Å². The molecule has 1 aromatic rings. The lowest BCUT2D eigenvalue weighted by molar-refractivity contribution is 0.0879. The molecule has 92 valence electrons. The summed E-state index contributed by atoms with van der Waals surface area (Å²) in [4.78, 5) is 13.7. The number of amides is 1. The van der Waals surface area contributed by atoms with Gasteiger partial charge in [-0.15, -0.1) is 0 Å². The van der Waals surface area contributed by atoms with Gasteiger partial charge in [0.1, 0.15) is 6.61 Å². The van der Waals surface area contributed by atoms with E-state index in [0.717, 1.165) is 23.6 Å². The molecule has 0 spiro atoms. The number of nitrogens with zero attached hydrogens (tertiary/aromatic N) is 1. The van der Waals surface area contributed by atoms with Crippen LogP contribution < -0.4 is 0 Å². The Morgan fingerprint density at radius 2 is 2.24 bits per heavy atom. The lowest BCUT2D eigenvalue weighted by atomic mass is 10.2. The van der Waals surface area contributed by atoms with Gasteiger partial charge < -0.3 is 9.64 Å². The van der Waals surface area contributed by atoms with Gasteiger partial charge in [-0.05, 0) is 12.5 Å². The van der Waals surface area contributed by atoms with E-state index in [4.69, 9.17) is 4.74 Å². The number of benzene rings is 1. The van der Waals surface area contributed by atoms with Gasteiger partial charge in [-0.25, -0.2) is 4.79 Å². The second-order valence-electron chi connectivity index (χ2n) is 4.16. The van der Waals surface area contributed by atoms with E-state index < -0.39 is 0 Å². The van der Waals surface area contributed by atoms with Crippen molar-refractivity contribution in [3.05, 3.63) is 35.9 Å². The van der Waals surface area contributed by atoms with Crippen molar-refractivity contribution in [3.63, 3.8) is 0 Å². The Hall–Kier alpha value is -1.16. The third-order valence-electron chi connectivity index (χ3n) is 2.81. The molecule has 1 atom stereocenters. The van der Waals surface area contributed by atoms with Crippen LogP contribution in [0.5, 0.6) is 0 Å². The van der Waals surface area contributed by atoms with Gasteiger partial charge in [0.25, 0.3) is 0 Å². The lowest BCUT2D eigenvalue weighted by Crippen LogP contribution is -2.44. The molecule has 0 aromatic heterocycles. The summed E-state index contributed by atoms with van der Waals surface area (Å²) >= 11 is 1.89. The maximum atomic E-state index is 11.9. The van der Waals surface area contributed by atoms with Crippen molar-refractivity contribution in [2.75, 3.05) is 18.1 Å². The molecule has 1 aliphatic rings. The van der Waals surface area contributed by atoms with Crippen LogP contribution in [-0.4, -0.2) is 35.1 Å². The van der Waals surface area contributed by atoms with Gasteiger partial charge in [0.15, 0.2) is 0 Å². The van der Waals surface area contributed by atoms with Crippen molar-refractivity contribution in [1.82, 2.24) is 4.90 Å². The Labute approximate surface area is 106 Å². The smallest absolute Gasteiger partial charge is 0.410 e. The summed E-state index contributed by atoms with van der Waals surface area (Å²) < 4.78 is 5.32. The largest absolute Gasteiger partial charge is 0.445 e. The van der Waals surface area contributed by atoms with Crippen molar-refractivity contribution in [3.8, 4) is 0 Å². The number of hydrogen-bond donors (Lipinski definition) is 0. The van der Waals surface area contributed by atoms with E-state index in [1.165, 1.54) is 0 Å². The minimum absolute atomic E-state index is 0.193. The summed E-state index contributed by atoms with van der Waals surface area (Å²) in [6.45, 7) is 3.21. The van der Waals surface area contributed by atoms with E-state index in [9.17, 15) is 4.79 Å². The SMILES string of the molecule is CC1CSCCN1C(=O)OCc1ccccc1. The first-order chi connectivity index (χ1) is 8.27. The fourth-order valence-electron chi connectivity index (χ4n) is 1.80. The van der Waals surface area contributed by atoms with Crippen LogP contribution in [0.1, 0.15) is 12.5 Å². The number of carbonyl (C=O) groups is 1. The number of hydrogen-bond acceptors (Lipinski definition) is 3. The number of thioether (sulfide) groups is 1. The van der Waals surface area contributed by atoms with Crippen LogP contribution in [0, 0.1) is 0 Å². The molecule has 0 bridgehead atoms. The second-order valence-corrected chi connectivity index (χ2v) is 5.31. The van der Waals surface area contributed by atoms with E-state index in [1.54, 1.807) is 0 Å². The molecule has 3 nitrogen and oxygen atoms in total. The fourth-order valence-corrected chi connectivity index (χ4v) is 2.81. The van der Waals surface area contributed by atoms with Crippen molar-refractivity contribution >= 4 is 17.9 Å². The average molecular weight is 251 g/mol. The average Bonchev–Trinajstić information content (AvgIpc) is 2.38. The molecule has 1 aliphatic heterocycles. The van der Waals surface area contributed by atoms with E-state index in [0.29, 0.717) is 6.61 Å². The molecular formula is C13H17NO2S. The zero-order valence-electron chi connectivity index (χ0n) is 9.96. The Balaban J connectivity index is 1.84. The maximum absolute atomic E-state index is 11.9. The summed E-state index contributed by atoms with van der Waals surface area (Å²) in [6.07, 6.45) is -0.193. The molecule has 0 aliphatic carbocycles. The van der Waals surface area contributed by atoms with E-state index in [2.05, 4.69) is 6.92 Å². The van der Waals surface area contributed by atoms with Gasteiger partial charge in [0.05, 0.1) is 0 Å². The molecule has 4 heteroatoms. The minimum Gasteiger partial charge on any atom is -0.445 e. The molecule has 1 saturated heterocycles. The number of rotatable bonds is 2. The Morgan fingerprint density at radius 1 is 1.47 bits per heavy atom. The topological polar surface area (TPSA) is 29.5 Å².